The number of methoxy groups -OCH3 is 1. The van der Waals surface area contributed by atoms with Gasteiger partial charge in [0.1, 0.15) is 12.6 Å². The highest BCUT2D eigenvalue weighted by Crippen LogP contribution is 2.29. The van der Waals surface area contributed by atoms with Crippen molar-refractivity contribution < 1.29 is 24.2 Å². The average Bonchev–Trinajstić information content (AvgIpc) is 2.65. The van der Waals surface area contributed by atoms with Gasteiger partial charge in [-0.05, 0) is 36.3 Å². The Morgan fingerprint density at radius 1 is 1.15 bits per heavy atom. The van der Waals surface area contributed by atoms with Crippen LogP contribution in [-0.4, -0.2) is 30.1 Å². The van der Waals surface area contributed by atoms with Crippen molar-refractivity contribution >= 4 is 18.0 Å². The molecule has 0 radical (unpaired) electrons. The number of aliphatic carboxylic acids is 1. The maximum absolute atomic E-state index is 11.7. The summed E-state index contributed by atoms with van der Waals surface area (Å²) in [5, 5.41) is 11.1. The zero-order chi connectivity index (χ0) is 18.9. The molecule has 0 saturated heterocycles. The third kappa shape index (κ3) is 5.66. The fraction of sp³-hybridized carbons (Fsp3) is 0.200. The van der Waals surface area contributed by atoms with Crippen LogP contribution in [0.2, 0.25) is 0 Å². The smallest absolute Gasteiger partial charge is 0.325 e. The lowest BCUT2D eigenvalue weighted by molar-refractivity contribution is -0.140. The van der Waals surface area contributed by atoms with Gasteiger partial charge in [-0.3, -0.25) is 9.59 Å². The molecular formula is C20H21NO5. The first-order valence-electron chi connectivity index (χ1n) is 8.05. The molecule has 0 bridgehead atoms. The van der Waals surface area contributed by atoms with Gasteiger partial charge in [-0.25, -0.2) is 0 Å². The molecule has 2 rings (SSSR count). The fourth-order valence-corrected chi connectivity index (χ4v) is 2.14. The summed E-state index contributed by atoms with van der Waals surface area (Å²) in [5.74, 6) is -0.434. The number of hydrogen-bond donors (Lipinski definition) is 2. The number of amides is 1. The summed E-state index contributed by atoms with van der Waals surface area (Å²) in [4.78, 5) is 22.4. The highest BCUT2D eigenvalue weighted by atomic mass is 16.5. The maximum Gasteiger partial charge on any atom is 0.325 e. The van der Waals surface area contributed by atoms with Gasteiger partial charge in [0.05, 0.1) is 7.11 Å². The molecule has 0 fully saturated rings. The lowest BCUT2D eigenvalue weighted by atomic mass is 10.2. The van der Waals surface area contributed by atoms with Crippen LogP contribution >= 0.6 is 0 Å². The van der Waals surface area contributed by atoms with E-state index < -0.39 is 17.9 Å². The molecule has 0 heterocycles. The van der Waals surface area contributed by atoms with Gasteiger partial charge in [-0.1, -0.05) is 36.4 Å². The van der Waals surface area contributed by atoms with Crippen molar-refractivity contribution in [3.63, 3.8) is 0 Å². The lowest BCUT2D eigenvalue weighted by Crippen LogP contribution is -2.37. The van der Waals surface area contributed by atoms with Crippen LogP contribution in [0.5, 0.6) is 11.5 Å². The molecule has 2 aromatic carbocycles. The molecule has 1 unspecified atom stereocenters. The Hall–Kier alpha value is -3.28. The van der Waals surface area contributed by atoms with Crippen molar-refractivity contribution in [3.8, 4) is 11.5 Å². The van der Waals surface area contributed by atoms with E-state index in [0.29, 0.717) is 18.1 Å². The molecule has 0 spiro atoms. The number of carbonyl (C=O) groups excluding carboxylic acids is 1. The zero-order valence-corrected chi connectivity index (χ0v) is 14.6. The van der Waals surface area contributed by atoms with Gasteiger partial charge in [0.15, 0.2) is 11.5 Å². The molecule has 136 valence electrons. The standard InChI is InChI=1S/C20H21NO5/c1-14(20(23)24)21-19(22)11-9-15-8-10-17(18(12-15)25-2)26-13-16-6-4-3-5-7-16/h3-12,14H,13H2,1-2H3,(H,21,22)(H,23,24)/b11-9+. The minimum absolute atomic E-state index is 0.419. The van der Waals surface area contributed by atoms with Gasteiger partial charge in [0.2, 0.25) is 5.91 Å². The topological polar surface area (TPSA) is 84.9 Å². The Kier molecular flexibility index (Phi) is 6.79. The van der Waals surface area contributed by atoms with E-state index in [1.807, 2.05) is 30.3 Å². The van der Waals surface area contributed by atoms with Crippen LogP contribution in [0.15, 0.2) is 54.6 Å². The molecule has 6 nitrogen and oxygen atoms in total. The third-order valence-corrected chi connectivity index (χ3v) is 3.58. The monoisotopic (exact) mass is 355 g/mol. The summed E-state index contributed by atoms with van der Waals surface area (Å²) < 4.78 is 11.1. The second kappa shape index (κ2) is 9.27. The first-order valence-corrected chi connectivity index (χ1v) is 8.05. The van der Waals surface area contributed by atoms with E-state index >= 15 is 0 Å². The van der Waals surface area contributed by atoms with Crippen LogP contribution in [0.3, 0.4) is 0 Å². The van der Waals surface area contributed by atoms with Gasteiger partial charge in [0.25, 0.3) is 0 Å². The molecule has 26 heavy (non-hydrogen) atoms. The zero-order valence-electron chi connectivity index (χ0n) is 14.6. The van der Waals surface area contributed by atoms with Crippen molar-refractivity contribution in [1.29, 1.82) is 0 Å². The quantitative estimate of drug-likeness (QED) is 0.711. The minimum atomic E-state index is -1.09. The average molecular weight is 355 g/mol. The molecule has 0 saturated carbocycles. The summed E-state index contributed by atoms with van der Waals surface area (Å²) in [7, 11) is 1.54. The van der Waals surface area contributed by atoms with E-state index in [-0.39, 0.29) is 0 Å². The normalized spacial score (nSPS) is 11.8. The highest BCUT2D eigenvalue weighted by Gasteiger charge is 2.12. The molecule has 1 atom stereocenters. The Bertz CT molecular complexity index is 786. The van der Waals surface area contributed by atoms with Gasteiger partial charge in [0, 0.05) is 6.08 Å². The van der Waals surface area contributed by atoms with Crippen LogP contribution in [0.1, 0.15) is 18.1 Å². The molecule has 1 amide bonds. The summed E-state index contributed by atoms with van der Waals surface area (Å²) in [5.41, 5.74) is 1.77. The first kappa shape index (κ1) is 19.1. The number of carbonyl (C=O) groups is 2. The molecule has 6 heteroatoms. The van der Waals surface area contributed by atoms with Crippen LogP contribution in [0, 0.1) is 0 Å². The number of ether oxygens (including phenoxy) is 2. The van der Waals surface area contributed by atoms with Crippen molar-refractivity contribution in [2.24, 2.45) is 0 Å². The second-order valence-corrected chi connectivity index (χ2v) is 5.59. The predicted molar refractivity (Wildman–Crippen MR) is 98.0 cm³/mol. The largest absolute Gasteiger partial charge is 0.493 e. The molecule has 0 aliphatic carbocycles. The minimum Gasteiger partial charge on any atom is -0.493 e. The summed E-state index contributed by atoms with van der Waals surface area (Å²) >= 11 is 0. The van der Waals surface area contributed by atoms with E-state index in [2.05, 4.69) is 5.32 Å². The van der Waals surface area contributed by atoms with Gasteiger partial charge < -0.3 is 19.9 Å². The van der Waals surface area contributed by atoms with E-state index in [1.54, 1.807) is 31.4 Å². The predicted octanol–water partition coefficient (Wildman–Crippen LogP) is 2.88. The fourth-order valence-electron chi connectivity index (χ4n) is 2.14. The number of nitrogens with one attached hydrogen (secondary N) is 1. The Morgan fingerprint density at radius 3 is 2.54 bits per heavy atom. The molecule has 2 N–H and O–H groups in total. The number of hydrogen-bond acceptors (Lipinski definition) is 4. The molecule has 0 aliphatic heterocycles. The van der Waals surface area contributed by atoms with E-state index in [9.17, 15) is 9.59 Å². The van der Waals surface area contributed by atoms with Crippen molar-refractivity contribution in [1.82, 2.24) is 5.32 Å². The van der Waals surface area contributed by atoms with Crippen LogP contribution < -0.4 is 14.8 Å². The molecular weight excluding hydrogens is 334 g/mol. The lowest BCUT2D eigenvalue weighted by Gasteiger charge is -2.11. The Balaban J connectivity index is 2.02. The van der Waals surface area contributed by atoms with Crippen LogP contribution in [0.4, 0.5) is 0 Å². The van der Waals surface area contributed by atoms with Crippen LogP contribution in [0.25, 0.3) is 6.08 Å². The van der Waals surface area contributed by atoms with Gasteiger partial charge >= 0.3 is 5.97 Å². The van der Waals surface area contributed by atoms with E-state index in [0.717, 1.165) is 11.1 Å². The van der Waals surface area contributed by atoms with Gasteiger partial charge in [-0.15, -0.1) is 0 Å². The number of benzene rings is 2. The maximum atomic E-state index is 11.7. The van der Waals surface area contributed by atoms with Gasteiger partial charge in [-0.2, -0.15) is 0 Å². The molecule has 0 aliphatic rings. The summed E-state index contributed by atoms with van der Waals surface area (Å²) in [6.07, 6.45) is 2.85. The number of carboxylic acid groups (broad SMARTS) is 1. The Labute approximate surface area is 152 Å². The molecule has 2 aromatic rings. The summed E-state index contributed by atoms with van der Waals surface area (Å²) in [6.45, 7) is 1.82. The van der Waals surface area contributed by atoms with Crippen molar-refractivity contribution in [3.05, 3.63) is 65.7 Å². The third-order valence-electron chi connectivity index (χ3n) is 3.58. The van der Waals surface area contributed by atoms with E-state index in [1.165, 1.54) is 13.0 Å². The number of carboxylic acids is 1. The molecule has 0 aromatic heterocycles. The number of rotatable bonds is 8. The van der Waals surface area contributed by atoms with Crippen LogP contribution in [-0.2, 0) is 16.2 Å². The SMILES string of the molecule is COc1cc(/C=C/C(=O)NC(C)C(=O)O)ccc1OCc1ccccc1. The highest BCUT2D eigenvalue weighted by molar-refractivity contribution is 5.94. The van der Waals surface area contributed by atoms with Crippen molar-refractivity contribution in [2.45, 2.75) is 19.6 Å². The first-order chi connectivity index (χ1) is 12.5. The van der Waals surface area contributed by atoms with E-state index in [4.69, 9.17) is 14.6 Å². The second-order valence-electron chi connectivity index (χ2n) is 5.59. The Morgan fingerprint density at radius 2 is 1.88 bits per heavy atom. The summed E-state index contributed by atoms with van der Waals surface area (Å²) in [6, 6.07) is 14.1. The van der Waals surface area contributed by atoms with Crippen molar-refractivity contribution in [2.75, 3.05) is 7.11 Å².